The summed E-state index contributed by atoms with van der Waals surface area (Å²) in [6.45, 7) is 6.81. The maximum atomic E-state index is 12.5. The van der Waals surface area contributed by atoms with Gasteiger partial charge in [0, 0.05) is 20.8 Å². The molecular formula is C12H24N2O3S. The normalized spacial score (nSPS) is 13.2. The molecule has 0 radical (unpaired) electrons. The van der Waals surface area contributed by atoms with Crippen molar-refractivity contribution in [3.63, 3.8) is 0 Å². The van der Waals surface area contributed by atoms with E-state index in [0.717, 1.165) is 0 Å². The van der Waals surface area contributed by atoms with Gasteiger partial charge in [0.1, 0.15) is 0 Å². The molecule has 0 aromatic heterocycles. The van der Waals surface area contributed by atoms with Crippen molar-refractivity contribution in [2.24, 2.45) is 11.1 Å². The van der Waals surface area contributed by atoms with E-state index in [-0.39, 0.29) is 16.9 Å². The first kappa shape index (κ1) is 17.3. The van der Waals surface area contributed by atoms with E-state index in [2.05, 4.69) is 0 Å². The molecule has 1 amide bonds. The Kier molecular flexibility index (Phi) is 7.35. The zero-order valence-electron chi connectivity index (χ0n) is 11.9. The minimum atomic E-state index is -0.856. The lowest BCUT2D eigenvalue weighted by Gasteiger charge is -2.35. The predicted octanol–water partition coefficient (Wildman–Crippen LogP) is 0.809. The molecule has 0 saturated heterocycles. The Bertz CT molecular complexity index is 295. The number of ether oxygens (including phenoxy) is 2. The van der Waals surface area contributed by atoms with Crippen molar-refractivity contribution < 1.29 is 14.3 Å². The molecule has 18 heavy (non-hydrogen) atoms. The van der Waals surface area contributed by atoms with Gasteiger partial charge in [0.25, 0.3) is 0 Å². The molecule has 1 atom stereocenters. The monoisotopic (exact) mass is 276 g/mol. The number of carbonyl (C=O) groups excluding carboxylic acids is 1. The average Bonchev–Trinajstić information content (AvgIpc) is 2.29. The smallest absolute Gasteiger partial charge is 0.235 e. The lowest BCUT2D eigenvalue weighted by Crippen LogP contribution is -2.52. The third kappa shape index (κ3) is 4.51. The Morgan fingerprint density at radius 2 is 1.94 bits per heavy atom. The van der Waals surface area contributed by atoms with Crippen molar-refractivity contribution in [3.05, 3.63) is 0 Å². The minimum absolute atomic E-state index is 0.0497. The molecule has 1 unspecified atom stereocenters. The fourth-order valence-electron chi connectivity index (χ4n) is 1.51. The summed E-state index contributed by atoms with van der Waals surface area (Å²) in [6, 6.07) is -0.0497. The third-order valence-electron chi connectivity index (χ3n) is 2.89. The van der Waals surface area contributed by atoms with Crippen molar-refractivity contribution in [1.82, 2.24) is 4.90 Å². The first-order chi connectivity index (χ1) is 8.28. The fourth-order valence-corrected chi connectivity index (χ4v) is 1.59. The minimum Gasteiger partial charge on any atom is -0.392 e. The molecular weight excluding hydrogens is 252 g/mol. The van der Waals surface area contributed by atoms with E-state index in [1.807, 2.05) is 6.92 Å². The molecule has 0 spiro atoms. The topological polar surface area (TPSA) is 64.8 Å². The molecule has 2 N–H and O–H groups in total. The number of hydrogen-bond acceptors (Lipinski definition) is 4. The van der Waals surface area contributed by atoms with Crippen LogP contribution in [0.3, 0.4) is 0 Å². The van der Waals surface area contributed by atoms with Gasteiger partial charge in [0.05, 0.1) is 29.7 Å². The van der Waals surface area contributed by atoms with Crippen LogP contribution in [0.15, 0.2) is 0 Å². The van der Waals surface area contributed by atoms with E-state index in [0.29, 0.717) is 19.8 Å². The summed E-state index contributed by atoms with van der Waals surface area (Å²) in [4.78, 5) is 14.4. The van der Waals surface area contributed by atoms with Crippen molar-refractivity contribution in [1.29, 1.82) is 0 Å². The number of carbonyl (C=O) groups is 1. The number of nitrogens with zero attached hydrogens (tertiary/aromatic N) is 1. The van der Waals surface area contributed by atoms with Crippen LogP contribution in [0.4, 0.5) is 0 Å². The predicted molar refractivity (Wildman–Crippen MR) is 75.5 cm³/mol. The second kappa shape index (κ2) is 7.66. The highest BCUT2D eigenvalue weighted by atomic mass is 32.1. The van der Waals surface area contributed by atoms with E-state index in [9.17, 15) is 4.79 Å². The van der Waals surface area contributed by atoms with Crippen LogP contribution < -0.4 is 5.73 Å². The van der Waals surface area contributed by atoms with Crippen LogP contribution in [0, 0.1) is 5.41 Å². The average molecular weight is 276 g/mol. The summed E-state index contributed by atoms with van der Waals surface area (Å²) in [5, 5.41) is 0. The summed E-state index contributed by atoms with van der Waals surface area (Å²) in [6.07, 6.45) is 0. The molecule has 6 heteroatoms. The van der Waals surface area contributed by atoms with E-state index >= 15 is 0 Å². The van der Waals surface area contributed by atoms with Crippen molar-refractivity contribution in [3.8, 4) is 0 Å². The Hall–Kier alpha value is -0.720. The molecule has 0 saturated carbocycles. The van der Waals surface area contributed by atoms with Gasteiger partial charge in [0.15, 0.2) is 0 Å². The molecule has 5 nitrogen and oxygen atoms in total. The van der Waals surface area contributed by atoms with E-state index in [1.165, 1.54) is 0 Å². The number of amides is 1. The molecule has 0 aromatic rings. The van der Waals surface area contributed by atoms with Gasteiger partial charge in [-0.15, -0.1) is 0 Å². The lowest BCUT2D eigenvalue weighted by atomic mass is 9.91. The van der Waals surface area contributed by atoms with Crippen LogP contribution in [0.5, 0.6) is 0 Å². The molecule has 0 rings (SSSR count). The molecule has 0 aromatic carbocycles. The molecule has 0 aliphatic heterocycles. The van der Waals surface area contributed by atoms with Crippen molar-refractivity contribution in [2.45, 2.75) is 26.8 Å². The van der Waals surface area contributed by atoms with Gasteiger partial charge < -0.3 is 20.1 Å². The summed E-state index contributed by atoms with van der Waals surface area (Å²) < 4.78 is 10.1. The Labute approximate surface area is 115 Å². The van der Waals surface area contributed by atoms with Crippen LogP contribution in [0.2, 0.25) is 0 Å². The van der Waals surface area contributed by atoms with E-state index < -0.39 is 5.41 Å². The maximum Gasteiger partial charge on any atom is 0.235 e. The lowest BCUT2D eigenvalue weighted by molar-refractivity contribution is -0.140. The number of nitrogens with two attached hydrogens (primary N) is 1. The summed E-state index contributed by atoms with van der Waals surface area (Å²) in [7, 11) is 3.20. The molecule has 0 fully saturated rings. The summed E-state index contributed by atoms with van der Waals surface area (Å²) >= 11 is 4.96. The number of methoxy groups -OCH3 is 2. The van der Waals surface area contributed by atoms with Gasteiger partial charge in [-0.25, -0.2) is 0 Å². The number of rotatable bonds is 8. The number of hydrogen-bond donors (Lipinski definition) is 1. The van der Waals surface area contributed by atoms with Gasteiger partial charge in [-0.2, -0.15) is 0 Å². The van der Waals surface area contributed by atoms with Gasteiger partial charge >= 0.3 is 0 Å². The zero-order valence-corrected chi connectivity index (χ0v) is 12.7. The van der Waals surface area contributed by atoms with Gasteiger partial charge in [-0.3, -0.25) is 4.79 Å². The number of thiocarbonyl (C=S) groups is 1. The van der Waals surface area contributed by atoms with Crippen LogP contribution >= 0.6 is 12.2 Å². The maximum absolute atomic E-state index is 12.5. The van der Waals surface area contributed by atoms with Crippen molar-refractivity contribution in [2.75, 3.05) is 34.0 Å². The second-order valence-corrected chi connectivity index (χ2v) is 5.22. The first-order valence-corrected chi connectivity index (χ1v) is 6.28. The largest absolute Gasteiger partial charge is 0.392 e. The van der Waals surface area contributed by atoms with E-state index in [4.69, 9.17) is 27.4 Å². The quantitative estimate of drug-likeness (QED) is 0.665. The van der Waals surface area contributed by atoms with Gasteiger partial charge in [-0.1, -0.05) is 12.2 Å². The molecule has 0 aliphatic carbocycles. The Balaban J connectivity index is 4.94. The van der Waals surface area contributed by atoms with Crippen LogP contribution in [0.1, 0.15) is 20.8 Å². The van der Waals surface area contributed by atoms with Gasteiger partial charge in [0.2, 0.25) is 5.91 Å². The van der Waals surface area contributed by atoms with Crippen molar-refractivity contribution >= 4 is 23.1 Å². The summed E-state index contributed by atoms with van der Waals surface area (Å²) in [5.74, 6) is -0.100. The Morgan fingerprint density at radius 1 is 1.39 bits per heavy atom. The zero-order chi connectivity index (χ0) is 14.3. The third-order valence-corrected chi connectivity index (χ3v) is 3.40. The fraction of sp³-hybridized carbons (Fsp3) is 0.833. The molecule has 106 valence electrons. The highest BCUT2D eigenvalue weighted by molar-refractivity contribution is 7.80. The van der Waals surface area contributed by atoms with Crippen LogP contribution in [-0.2, 0) is 14.3 Å². The molecule has 0 heterocycles. The highest BCUT2D eigenvalue weighted by Gasteiger charge is 2.36. The highest BCUT2D eigenvalue weighted by Crippen LogP contribution is 2.21. The first-order valence-electron chi connectivity index (χ1n) is 5.87. The standard InChI is InChI=1S/C12H24N2O3S/c1-9(8-17-5)14(6-7-16-4)11(15)12(2,3)10(13)18/h9H,6-8H2,1-5H3,(H2,13,18). The van der Waals surface area contributed by atoms with Crippen LogP contribution in [-0.4, -0.2) is 55.8 Å². The molecule has 0 aliphatic rings. The SMILES string of the molecule is COCCN(C(=O)C(C)(C)C(N)=S)C(C)COC. The van der Waals surface area contributed by atoms with E-state index in [1.54, 1.807) is 33.0 Å². The molecule has 0 bridgehead atoms. The van der Waals surface area contributed by atoms with Crippen LogP contribution in [0.25, 0.3) is 0 Å². The van der Waals surface area contributed by atoms with Gasteiger partial charge in [-0.05, 0) is 20.8 Å². The second-order valence-electron chi connectivity index (χ2n) is 4.78. The Morgan fingerprint density at radius 3 is 2.33 bits per heavy atom. The summed E-state index contributed by atoms with van der Waals surface area (Å²) in [5.41, 5.74) is 4.78.